The zero-order chi connectivity index (χ0) is 17.8. The van der Waals surface area contributed by atoms with Gasteiger partial charge < -0.3 is 10.1 Å². The van der Waals surface area contributed by atoms with Gasteiger partial charge >= 0.3 is 0 Å². The lowest BCUT2D eigenvalue weighted by Gasteiger charge is -2.11. The van der Waals surface area contributed by atoms with E-state index in [9.17, 15) is 4.79 Å². The van der Waals surface area contributed by atoms with Crippen LogP contribution in [0.4, 0.5) is 5.69 Å². The average Bonchev–Trinajstić information content (AvgIpc) is 2.96. The standard InChI is InChI=1S/C18H21N5O2/c1-4-9-25-15-8-6-5-7-14(15)20-17(24)11-16-21-18-19-12(2)10-13(3)23(18)22-16/h5-8,10H,4,9,11H2,1-3H3,(H,20,24). The third kappa shape index (κ3) is 3.93. The maximum Gasteiger partial charge on any atom is 0.252 e. The van der Waals surface area contributed by atoms with Gasteiger partial charge in [0.1, 0.15) is 5.75 Å². The summed E-state index contributed by atoms with van der Waals surface area (Å²) in [4.78, 5) is 21.0. The normalized spacial score (nSPS) is 10.8. The first-order chi connectivity index (χ1) is 12.1. The number of nitrogens with one attached hydrogen (secondary N) is 1. The van der Waals surface area contributed by atoms with Gasteiger partial charge in [-0.3, -0.25) is 4.79 Å². The molecule has 0 fully saturated rings. The fourth-order valence-corrected chi connectivity index (χ4v) is 2.53. The molecule has 3 aromatic rings. The number of aromatic nitrogens is 4. The van der Waals surface area contributed by atoms with Gasteiger partial charge in [-0.2, -0.15) is 4.98 Å². The number of para-hydroxylation sites is 2. The van der Waals surface area contributed by atoms with E-state index in [4.69, 9.17) is 4.74 Å². The van der Waals surface area contributed by atoms with Crippen molar-refractivity contribution in [1.82, 2.24) is 19.6 Å². The Labute approximate surface area is 146 Å². The maximum atomic E-state index is 12.4. The fraction of sp³-hybridized carbons (Fsp3) is 0.333. The van der Waals surface area contributed by atoms with Crippen LogP contribution in [0.1, 0.15) is 30.6 Å². The van der Waals surface area contributed by atoms with Crippen LogP contribution in [0.15, 0.2) is 30.3 Å². The van der Waals surface area contributed by atoms with Gasteiger partial charge in [0.2, 0.25) is 5.91 Å². The van der Waals surface area contributed by atoms with Gasteiger partial charge in [0.15, 0.2) is 5.82 Å². The third-order valence-electron chi connectivity index (χ3n) is 3.60. The number of carbonyl (C=O) groups is 1. The molecule has 25 heavy (non-hydrogen) atoms. The summed E-state index contributed by atoms with van der Waals surface area (Å²) < 4.78 is 7.30. The van der Waals surface area contributed by atoms with Gasteiger partial charge in [-0.15, -0.1) is 5.10 Å². The number of nitrogens with zero attached hydrogens (tertiary/aromatic N) is 4. The van der Waals surface area contributed by atoms with Crippen LogP contribution in [0, 0.1) is 13.8 Å². The minimum Gasteiger partial charge on any atom is -0.491 e. The molecule has 0 radical (unpaired) electrons. The van der Waals surface area contributed by atoms with E-state index in [0.717, 1.165) is 17.8 Å². The van der Waals surface area contributed by atoms with Crippen molar-refractivity contribution < 1.29 is 9.53 Å². The van der Waals surface area contributed by atoms with E-state index >= 15 is 0 Å². The van der Waals surface area contributed by atoms with Gasteiger partial charge in [-0.25, -0.2) is 9.50 Å². The molecular formula is C18H21N5O2. The van der Waals surface area contributed by atoms with Crippen molar-refractivity contribution in [3.8, 4) is 5.75 Å². The molecule has 0 spiro atoms. The smallest absolute Gasteiger partial charge is 0.252 e. The highest BCUT2D eigenvalue weighted by Gasteiger charge is 2.13. The van der Waals surface area contributed by atoms with E-state index in [0.29, 0.717) is 29.6 Å². The summed E-state index contributed by atoms with van der Waals surface area (Å²) in [5.41, 5.74) is 2.45. The first-order valence-corrected chi connectivity index (χ1v) is 8.28. The molecule has 0 atom stereocenters. The molecule has 3 rings (SSSR count). The number of carbonyl (C=O) groups excluding carboxylic acids is 1. The largest absolute Gasteiger partial charge is 0.491 e. The van der Waals surface area contributed by atoms with Crippen LogP contribution in [-0.2, 0) is 11.2 Å². The van der Waals surface area contributed by atoms with Gasteiger partial charge in [0.25, 0.3) is 5.78 Å². The van der Waals surface area contributed by atoms with Crippen LogP contribution in [0.25, 0.3) is 5.78 Å². The Morgan fingerprint density at radius 3 is 2.84 bits per heavy atom. The van der Waals surface area contributed by atoms with Crippen molar-refractivity contribution in [1.29, 1.82) is 0 Å². The number of amides is 1. The van der Waals surface area contributed by atoms with Crippen molar-refractivity contribution in [2.24, 2.45) is 0 Å². The second-order valence-electron chi connectivity index (χ2n) is 5.85. The molecule has 1 amide bonds. The number of aryl methyl sites for hydroxylation is 2. The number of benzene rings is 1. The second kappa shape index (κ2) is 7.29. The summed E-state index contributed by atoms with van der Waals surface area (Å²) in [5.74, 6) is 1.41. The van der Waals surface area contributed by atoms with Crippen molar-refractivity contribution in [3.63, 3.8) is 0 Å². The van der Waals surface area contributed by atoms with Gasteiger partial charge in [-0.1, -0.05) is 19.1 Å². The van der Waals surface area contributed by atoms with Crippen LogP contribution in [-0.4, -0.2) is 32.1 Å². The fourth-order valence-electron chi connectivity index (χ4n) is 2.53. The second-order valence-corrected chi connectivity index (χ2v) is 5.85. The molecule has 1 N–H and O–H groups in total. The Morgan fingerprint density at radius 1 is 1.24 bits per heavy atom. The van der Waals surface area contributed by atoms with E-state index in [1.165, 1.54) is 0 Å². The van der Waals surface area contributed by atoms with Crippen LogP contribution in [0.5, 0.6) is 5.75 Å². The van der Waals surface area contributed by atoms with E-state index in [-0.39, 0.29) is 12.3 Å². The summed E-state index contributed by atoms with van der Waals surface area (Å²) in [5, 5.41) is 7.22. The first-order valence-electron chi connectivity index (χ1n) is 8.28. The molecule has 0 aliphatic heterocycles. The minimum absolute atomic E-state index is 0.0734. The Bertz CT molecular complexity index is 904. The van der Waals surface area contributed by atoms with E-state index < -0.39 is 0 Å². The molecule has 2 heterocycles. The molecule has 0 saturated heterocycles. The third-order valence-corrected chi connectivity index (χ3v) is 3.60. The number of hydrogen-bond donors (Lipinski definition) is 1. The molecule has 0 saturated carbocycles. The number of hydrogen-bond acceptors (Lipinski definition) is 5. The Morgan fingerprint density at radius 2 is 2.04 bits per heavy atom. The molecule has 1 aromatic carbocycles. The zero-order valence-electron chi connectivity index (χ0n) is 14.6. The summed E-state index contributed by atoms with van der Waals surface area (Å²) in [6.45, 7) is 6.47. The predicted octanol–water partition coefficient (Wildman–Crippen LogP) is 2.71. The first kappa shape index (κ1) is 16.9. The molecule has 2 aromatic heterocycles. The SMILES string of the molecule is CCCOc1ccccc1NC(=O)Cc1nc2nc(C)cc(C)n2n1. The Kier molecular flexibility index (Phi) is 4.92. The number of ether oxygens (including phenoxy) is 1. The summed E-state index contributed by atoms with van der Waals surface area (Å²) in [6, 6.07) is 9.31. The van der Waals surface area contributed by atoms with Gasteiger partial charge in [0, 0.05) is 11.4 Å². The van der Waals surface area contributed by atoms with Crippen molar-refractivity contribution >= 4 is 17.4 Å². The van der Waals surface area contributed by atoms with Crippen molar-refractivity contribution in [3.05, 3.63) is 47.5 Å². The minimum atomic E-state index is -0.196. The average molecular weight is 339 g/mol. The number of anilines is 1. The molecule has 0 aliphatic carbocycles. The van der Waals surface area contributed by atoms with Crippen LogP contribution in [0.2, 0.25) is 0 Å². The molecule has 7 heteroatoms. The van der Waals surface area contributed by atoms with Crippen LogP contribution in [0.3, 0.4) is 0 Å². The number of rotatable bonds is 6. The predicted molar refractivity (Wildman–Crippen MR) is 94.8 cm³/mol. The van der Waals surface area contributed by atoms with Crippen LogP contribution >= 0.6 is 0 Å². The Hall–Kier alpha value is -2.96. The van der Waals surface area contributed by atoms with Crippen molar-refractivity contribution in [2.45, 2.75) is 33.6 Å². The summed E-state index contributed by atoms with van der Waals surface area (Å²) in [6.07, 6.45) is 0.975. The lowest BCUT2D eigenvalue weighted by molar-refractivity contribution is -0.115. The topological polar surface area (TPSA) is 81.4 Å². The summed E-state index contributed by atoms with van der Waals surface area (Å²) >= 11 is 0. The van der Waals surface area contributed by atoms with Crippen LogP contribution < -0.4 is 10.1 Å². The molecule has 130 valence electrons. The van der Waals surface area contributed by atoms with E-state index in [2.05, 4.69) is 20.4 Å². The molecule has 0 unspecified atom stereocenters. The highest BCUT2D eigenvalue weighted by molar-refractivity contribution is 5.93. The van der Waals surface area contributed by atoms with E-state index in [1.807, 2.05) is 51.1 Å². The molecule has 7 nitrogen and oxygen atoms in total. The highest BCUT2D eigenvalue weighted by Crippen LogP contribution is 2.24. The molecule has 0 aliphatic rings. The zero-order valence-corrected chi connectivity index (χ0v) is 14.6. The van der Waals surface area contributed by atoms with Crippen molar-refractivity contribution in [2.75, 3.05) is 11.9 Å². The lowest BCUT2D eigenvalue weighted by Crippen LogP contribution is -2.16. The summed E-state index contributed by atoms with van der Waals surface area (Å²) in [7, 11) is 0. The Balaban J connectivity index is 1.74. The maximum absolute atomic E-state index is 12.4. The quantitative estimate of drug-likeness (QED) is 0.747. The molecule has 0 bridgehead atoms. The van der Waals surface area contributed by atoms with Gasteiger partial charge in [0.05, 0.1) is 18.7 Å². The highest BCUT2D eigenvalue weighted by atomic mass is 16.5. The van der Waals surface area contributed by atoms with Gasteiger partial charge in [-0.05, 0) is 38.5 Å². The lowest BCUT2D eigenvalue weighted by atomic mass is 10.2. The monoisotopic (exact) mass is 339 g/mol. The van der Waals surface area contributed by atoms with E-state index in [1.54, 1.807) is 4.52 Å². The number of fused-ring (bicyclic) bond motifs is 1. The molecular weight excluding hydrogens is 318 g/mol.